The van der Waals surface area contributed by atoms with Crippen LogP contribution in [0, 0.1) is 0 Å². The van der Waals surface area contributed by atoms with E-state index in [-0.39, 0.29) is 5.82 Å². The minimum atomic E-state index is -0.818. The van der Waals surface area contributed by atoms with Crippen molar-refractivity contribution in [3.63, 3.8) is 0 Å². The zero-order valence-corrected chi connectivity index (χ0v) is 18.4. The summed E-state index contributed by atoms with van der Waals surface area (Å²) in [6, 6.07) is 3.37. The van der Waals surface area contributed by atoms with Gasteiger partial charge in [0, 0.05) is 11.0 Å². The van der Waals surface area contributed by atoms with E-state index in [0.29, 0.717) is 6.54 Å². The van der Waals surface area contributed by atoms with Crippen LogP contribution >= 0.6 is 15.9 Å². The fraction of sp³-hybridized carbons (Fsp3) is 0.632. The highest BCUT2D eigenvalue weighted by Gasteiger charge is 2.34. The number of rotatable bonds is 3. The summed E-state index contributed by atoms with van der Waals surface area (Å²) in [6.45, 7) is 13.1. The summed E-state index contributed by atoms with van der Waals surface area (Å²) in [5.74, 6) is 0.178. The lowest BCUT2D eigenvalue weighted by atomic mass is 10.2. The largest absolute Gasteiger partial charge is 0.443 e. The minimum Gasteiger partial charge on any atom is -0.443 e. The zero-order valence-electron chi connectivity index (χ0n) is 16.8. The molecule has 1 saturated heterocycles. The van der Waals surface area contributed by atoms with E-state index in [4.69, 9.17) is 9.47 Å². The number of ether oxygens (including phenoxy) is 2. The standard InChI is InChI=1S/C19H28BrN3O4/c1-18(2,3)26-16(24)23(17(25)27-19(4,5)6)15-9-8-13(20)14(21-15)12-22-10-7-11-22/h8-9H,7,10-12H2,1-6H3. The third kappa shape index (κ3) is 6.46. The minimum absolute atomic E-state index is 0.178. The fourth-order valence-electron chi connectivity index (χ4n) is 2.34. The van der Waals surface area contributed by atoms with Crippen molar-refractivity contribution in [1.82, 2.24) is 9.88 Å². The topological polar surface area (TPSA) is 72.0 Å². The van der Waals surface area contributed by atoms with Gasteiger partial charge in [0.1, 0.15) is 17.0 Å². The smallest absolute Gasteiger partial charge is 0.425 e. The Hall–Kier alpha value is -1.67. The van der Waals surface area contributed by atoms with E-state index in [1.54, 1.807) is 53.7 Å². The maximum absolute atomic E-state index is 12.7. The van der Waals surface area contributed by atoms with Crippen molar-refractivity contribution in [2.45, 2.75) is 65.7 Å². The average molecular weight is 442 g/mol. The Morgan fingerprint density at radius 2 is 1.59 bits per heavy atom. The van der Waals surface area contributed by atoms with Gasteiger partial charge >= 0.3 is 12.2 Å². The lowest BCUT2D eigenvalue weighted by Crippen LogP contribution is -2.44. The Bertz CT molecular complexity index is 678. The normalized spacial score (nSPS) is 15.1. The van der Waals surface area contributed by atoms with E-state index in [1.807, 2.05) is 0 Å². The second-order valence-electron chi connectivity index (χ2n) is 8.52. The first-order valence-corrected chi connectivity index (χ1v) is 9.79. The maximum Gasteiger partial charge on any atom is 0.425 e. The SMILES string of the molecule is CC(C)(C)OC(=O)N(C(=O)OC(C)(C)C)c1ccc(Br)c(CN2CCC2)n1. The van der Waals surface area contributed by atoms with Crippen LogP contribution in [0.25, 0.3) is 0 Å². The van der Waals surface area contributed by atoms with E-state index in [1.165, 1.54) is 6.42 Å². The first kappa shape index (κ1) is 21.6. The first-order chi connectivity index (χ1) is 12.4. The third-order valence-corrected chi connectivity index (χ3v) is 4.33. The van der Waals surface area contributed by atoms with E-state index < -0.39 is 23.4 Å². The second kappa shape index (κ2) is 8.14. The van der Waals surface area contributed by atoms with Gasteiger partial charge in [0.15, 0.2) is 0 Å². The van der Waals surface area contributed by atoms with Crippen molar-refractivity contribution in [2.24, 2.45) is 0 Å². The number of pyridine rings is 1. The van der Waals surface area contributed by atoms with E-state index in [2.05, 4.69) is 25.8 Å². The molecule has 150 valence electrons. The number of hydrogen-bond donors (Lipinski definition) is 0. The molecule has 0 atom stereocenters. The van der Waals surface area contributed by atoms with E-state index >= 15 is 0 Å². The summed E-state index contributed by atoms with van der Waals surface area (Å²) >= 11 is 3.49. The number of carbonyl (C=O) groups excluding carboxylic acids is 2. The van der Waals surface area contributed by atoms with E-state index in [0.717, 1.165) is 28.2 Å². The number of anilines is 1. The van der Waals surface area contributed by atoms with Crippen molar-refractivity contribution in [2.75, 3.05) is 18.0 Å². The van der Waals surface area contributed by atoms with Crippen LogP contribution in [0.3, 0.4) is 0 Å². The molecule has 0 aromatic carbocycles. The summed E-state index contributed by atoms with van der Waals surface area (Å²) in [7, 11) is 0. The van der Waals surface area contributed by atoms with Crippen LogP contribution in [0.5, 0.6) is 0 Å². The number of carbonyl (C=O) groups is 2. The van der Waals surface area contributed by atoms with Crippen LogP contribution < -0.4 is 4.90 Å². The molecule has 27 heavy (non-hydrogen) atoms. The molecule has 0 aliphatic carbocycles. The van der Waals surface area contributed by atoms with Gasteiger partial charge < -0.3 is 9.47 Å². The molecule has 0 saturated carbocycles. The molecule has 1 aromatic heterocycles. The Morgan fingerprint density at radius 1 is 1.07 bits per heavy atom. The van der Waals surface area contributed by atoms with Gasteiger partial charge in [-0.05, 0) is 89.1 Å². The third-order valence-electron chi connectivity index (χ3n) is 3.61. The molecule has 1 aliphatic rings. The number of aromatic nitrogens is 1. The van der Waals surface area contributed by atoms with Gasteiger partial charge in [0.2, 0.25) is 0 Å². The number of halogens is 1. The molecule has 0 radical (unpaired) electrons. The number of imide groups is 1. The molecule has 0 unspecified atom stereocenters. The van der Waals surface area contributed by atoms with Gasteiger partial charge in [0.05, 0.1) is 5.69 Å². The van der Waals surface area contributed by atoms with Crippen molar-refractivity contribution in [3.8, 4) is 0 Å². The van der Waals surface area contributed by atoms with Gasteiger partial charge in [-0.3, -0.25) is 4.90 Å². The maximum atomic E-state index is 12.7. The number of hydrogen-bond acceptors (Lipinski definition) is 6. The van der Waals surface area contributed by atoms with Crippen LogP contribution in [-0.4, -0.2) is 46.4 Å². The number of nitrogens with zero attached hydrogens (tertiary/aromatic N) is 3. The van der Waals surface area contributed by atoms with Gasteiger partial charge in [-0.2, -0.15) is 4.90 Å². The molecular weight excluding hydrogens is 414 g/mol. The predicted octanol–water partition coefficient (Wildman–Crippen LogP) is 4.73. The number of likely N-dealkylation sites (tertiary alicyclic amines) is 1. The van der Waals surface area contributed by atoms with Crippen LogP contribution in [0.1, 0.15) is 53.7 Å². The Balaban J connectivity index is 2.35. The molecule has 0 spiro atoms. The molecule has 2 rings (SSSR count). The Labute approximate surface area is 169 Å². The second-order valence-corrected chi connectivity index (χ2v) is 9.38. The lowest BCUT2D eigenvalue weighted by molar-refractivity contribution is 0.0429. The van der Waals surface area contributed by atoms with Crippen molar-refractivity contribution in [1.29, 1.82) is 0 Å². The molecule has 0 bridgehead atoms. The molecule has 1 aromatic rings. The van der Waals surface area contributed by atoms with Crippen molar-refractivity contribution < 1.29 is 19.1 Å². The van der Waals surface area contributed by atoms with Crippen molar-refractivity contribution in [3.05, 3.63) is 22.3 Å². The molecule has 8 heteroatoms. The molecular formula is C19H28BrN3O4. The highest BCUT2D eigenvalue weighted by atomic mass is 79.9. The molecule has 7 nitrogen and oxygen atoms in total. The number of amides is 2. The molecule has 2 heterocycles. The highest BCUT2D eigenvalue weighted by Crippen LogP contribution is 2.25. The van der Waals surface area contributed by atoms with Gasteiger partial charge in [-0.1, -0.05) is 0 Å². The summed E-state index contributed by atoms with van der Waals surface area (Å²) in [6.07, 6.45) is -0.470. The first-order valence-electron chi connectivity index (χ1n) is 8.99. The van der Waals surface area contributed by atoms with Crippen molar-refractivity contribution >= 4 is 33.9 Å². The Morgan fingerprint density at radius 3 is 2.00 bits per heavy atom. The molecule has 1 fully saturated rings. The molecule has 1 aliphatic heterocycles. The fourth-order valence-corrected chi connectivity index (χ4v) is 2.68. The molecule has 0 N–H and O–H groups in total. The summed E-state index contributed by atoms with van der Waals surface area (Å²) in [4.78, 5) is 33.0. The average Bonchev–Trinajstić information content (AvgIpc) is 2.41. The lowest BCUT2D eigenvalue weighted by Gasteiger charge is -2.31. The van der Waals surface area contributed by atoms with Crippen LogP contribution in [-0.2, 0) is 16.0 Å². The molecule has 2 amide bonds. The summed E-state index contributed by atoms with van der Waals surface area (Å²) in [5.41, 5.74) is -0.760. The van der Waals surface area contributed by atoms with E-state index in [9.17, 15) is 9.59 Å². The summed E-state index contributed by atoms with van der Waals surface area (Å²) in [5, 5.41) is 0. The zero-order chi connectivity index (χ0) is 20.4. The predicted molar refractivity (Wildman–Crippen MR) is 107 cm³/mol. The monoisotopic (exact) mass is 441 g/mol. The van der Waals surface area contributed by atoms with Gasteiger partial charge in [-0.25, -0.2) is 14.6 Å². The van der Waals surface area contributed by atoms with Gasteiger partial charge in [0.25, 0.3) is 0 Å². The van der Waals surface area contributed by atoms with Crippen LogP contribution in [0.15, 0.2) is 16.6 Å². The van der Waals surface area contributed by atoms with Crippen LogP contribution in [0.4, 0.5) is 15.4 Å². The quantitative estimate of drug-likeness (QED) is 0.674. The van der Waals surface area contributed by atoms with Gasteiger partial charge in [-0.15, -0.1) is 0 Å². The Kier molecular flexibility index (Phi) is 6.52. The van der Waals surface area contributed by atoms with Crippen LogP contribution in [0.2, 0.25) is 0 Å². The summed E-state index contributed by atoms with van der Waals surface area (Å²) < 4.78 is 11.6. The highest BCUT2D eigenvalue weighted by molar-refractivity contribution is 9.10.